The van der Waals surface area contributed by atoms with Crippen molar-refractivity contribution < 1.29 is 47.7 Å². The van der Waals surface area contributed by atoms with Crippen LogP contribution in [0.1, 0.15) is 12.5 Å². The minimum absolute atomic E-state index is 0.0118. The molecule has 0 atom stereocenters. The van der Waals surface area contributed by atoms with Crippen molar-refractivity contribution in [1.29, 1.82) is 0 Å². The van der Waals surface area contributed by atoms with Gasteiger partial charge in [-0.15, -0.1) is 0 Å². The fourth-order valence-electron chi connectivity index (χ4n) is 2.64. The maximum atomic E-state index is 13.6. The van der Waals surface area contributed by atoms with E-state index in [1.807, 2.05) is 0 Å². The fourth-order valence-corrected chi connectivity index (χ4v) is 3.80. The number of halogens is 6. The Labute approximate surface area is 181 Å². The van der Waals surface area contributed by atoms with Crippen molar-refractivity contribution in [3.8, 4) is 11.5 Å². The molecule has 0 N–H and O–H groups in total. The Balaban J connectivity index is 0.00000155. The summed E-state index contributed by atoms with van der Waals surface area (Å²) in [5.41, 5.74) is -1.74. The summed E-state index contributed by atoms with van der Waals surface area (Å²) in [6.07, 6.45) is -2.93. The van der Waals surface area contributed by atoms with E-state index in [9.17, 15) is 30.4 Å². The van der Waals surface area contributed by atoms with Gasteiger partial charge < -0.3 is 14.1 Å². The molecule has 0 spiro atoms. The number of pyridine rings is 1. The van der Waals surface area contributed by atoms with Crippen LogP contribution in [-0.2, 0) is 47.2 Å². The van der Waals surface area contributed by atoms with Crippen molar-refractivity contribution in [1.82, 2.24) is 24.1 Å². The molecule has 0 saturated carbocycles. The van der Waals surface area contributed by atoms with Gasteiger partial charge in [-0.05, 0) is 18.8 Å². The molecule has 0 fully saturated rings. The summed E-state index contributed by atoms with van der Waals surface area (Å²) in [7, 11) is 3.84. The van der Waals surface area contributed by atoms with Crippen LogP contribution in [0.25, 0.3) is 22.7 Å². The molecular weight excluding hydrogens is 510 g/mol. The van der Waals surface area contributed by atoms with Gasteiger partial charge in [0.25, 0.3) is 0 Å². The molecule has 0 aliphatic carbocycles. The molecule has 0 bridgehead atoms. The Morgan fingerprint density at radius 1 is 1.20 bits per heavy atom. The van der Waals surface area contributed by atoms with Crippen LogP contribution in [0.15, 0.2) is 17.3 Å². The number of aromatic nitrogens is 5. The molecule has 0 saturated heterocycles. The number of alkyl halides is 5. The van der Waals surface area contributed by atoms with E-state index in [1.165, 1.54) is 25.6 Å². The third-order valence-corrected chi connectivity index (χ3v) is 5.95. The Bertz CT molecular complexity index is 1180. The third-order valence-electron chi connectivity index (χ3n) is 4.13. The zero-order chi connectivity index (χ0) is 23.1. The Hall–Kier alpha value is -1.66. The summed E-state index contributed by atoms with van der Waals surface area (Å²) in [5.74, 6) is -5.40. The van der Waals surface area contributed by atoms with E-state index in [2.05, 4.69) is 21.3 Å². The van der Waals surface area contributed by atoms with Gasteiger partial charge in [0.15, 0.2) is 5.65 Å². The molecule has 0 unspecified atom stereocenters. The van der Waals surface area contributed by atoms with Crippen LogP contribution >= 0.6 is 9.69 Å². The number of hydrogen-bond acceptors (Lipinski definition) is 5. The van der Waals surface area contributed by atoms with Gasteiger partial charge in [0, 0.05) is 30.4 Å². The van der Waals surface area contributed by atoms with E-state index >= 15 is 0 Å². The van der Waals surface area contributed by atoms with E-state index in [0.717, 1.165) is 21.9 Å². The van der Waals surface area contributed by atoms with Crippen molar-refractivity contribution in [2.24, 2.45) is 14.1 Å². The second kappa shape index (κ2) is 8.47. The molecule has 3 rings (SSSR count). The zero-order valence-corrected chi connectivity index (χ0v) is 20.3. The summed E-state index contributed by atoms with van der Waals surface area (Å²) in [5, 5.41) is -0.200. The summed E-state index contributed by atoms with van der Waals surface area (Å²) >= 11 is 0.847. The second-order valence-corrected chi connectivity index (χ2v) is 8.15. The van der Waals surface area contributed by atoms with E-state index in [-0.39, 0.29) is 33.5 Å². The van der Waals surface area contributed by atoms with E-state index in [1.54, 1.807) is 0 Å². The molecule has 30 heavy (non-hydrogen) atoms. The van der Waals surface area contributed by atoms with Crippen LogP contribution in [0.5, 0.6) is 0 Å². The molecule has 0 amide bonds. The second-order valence-electron chi connectivity index (χ2n) is 5.96. The predicted octanol–water partition coefficient (Wildman–Crippen LogP) is 3.30. The van der Waals surface area contributed by atoms with Gasteiger partial charge in [-0.1, -0.05) is 6.92 Å². The van der Waals surface area contributed by atoms with E-state index < -0.39 is 27.5 Å². The van der Waals surface area contributed by atoms with Crippen molar-refractivity contribution in [2.45, 2.75) is 24.0 Å². The van der Waals surface area contributed by atoms with E-state index in [0.29, 0.717) is 12.3 Å². The fraction of sp³-hybridized carbons (Fsp3) is 0.400. The van der Waals surface area contributed by atoms with Gasteiger partial charge in [-0.3, -0.25) is 0 Å². The van der Waals surface area contributed by atoms with Crippen molar-refractivity contribution in [3.05, 3.63) is 24.2 Å². The molecule has 15 heteroatoms. The minimum atomic E-state index is -5.79. The topological polar surface area (TPSA) is 82.7 Å². The van der Waals surface area contributed by atoms with Gasteiger partial charge >= 0.3 is 39.1 Å². The summed E-state index contributed by atoms with van der Waals surface area (Å²) < 4.78 is 92.1. The Morgan fingerprint density at radius 2 is 1.80 bits per heavy atom. The first-order chi connectivity index (χ1) is 13.8. The third kappa shape index (κ3) is 4.09. The first kappa shape index (κ1) is 24.6. The van der Waals surface area contributed by atoms with Crippen LogP contribution in [0.4, 0.5) is 22.0 Å². The summed E-state index contributed by atoms with van der Waals surface area (Å²) in [4.78, 5) is 11.5. The monoisotopic (exact) mass is 521 g/mol. The van der Waals surface area contributed by atoms with Crippen molar-refractivity contribution in [3.63, 3.8) is 0 Å². The van der Waals surface area contributed by atoms with Gasteiger partial charge in [0.2, 0.25) is 0 Å². The Morgan fingerprint density at radius 3 is 2.33 bits per heavy atom. The molecular formula is C15H13ClF5N5O2SZn. The number of nitrogens with zero attached hydrogens (tertiary/aromatic N) is 5. The van der Waals surface area contributed by atoms with Crippen LogP contribution in [0.2, 0.25) is 0 Å². The number of hydrogen-bond donors (Lipinski definition) is 0. The molecule has 3 aromatic rings. The number of aryl methyl sites for hydroxylation is 2. The molecule has 0 aliphatic rings. The number of sulfone groups is 1. The quantitative estimate of drug-likeness (QED) is 0.298. The van der Waals surface area contributed by atoms with Crippen LogP contribution in [0, 0.1) is 6.33 Å². The molecule has 0 radical (unpaired) electrons. The van der Waals surface area contributed by atoms with Crippen LogP contribution in [-0.4, -0.2) is 44.4 Å². The molecule has 0 aliphatic heterocycles. The molecule has 7 nitrogen and oxygen atoms in total. The standard InChI is InChI=1S/C15H13F5N5O2S.ClH.Zn/c1-4-28(26,27)13-10(22-7-24(13)2)12-23-9-5-8(6-21-11(9)25(12)3)14(16,17)15(18,19)20;;/h5-6H,4H2,1-3H3;1H;/q-1;;+2/p-1. The van der Waals surface area contributed by atoms with Gasteiger partial charge in [-0.25, -0.2) is 18.4 Å². The number of fused-ring (bicyclic) bond motifs is 1. The Kier molecular flexibility index (Phi) is 6.95. The first-order valence-corrected chi connectivity index (χ1v) is 13.6. The maximum absolute atomic E-state index is 13.6. The molecule has 3 heterocycles. The summed E-state index contributed by atoms with van der Waals surface area (Å²) in [6, 6.07) is 0.569. The number of imidazole rings is 2. The molecule has 3 aromatic heterocycles. The zero-order valence-electron chi connectivity index (χ0n) is 15.8. The molecule has 160 valence electrons. The van der Waals surface area contributed by atoms with Gasteiger partial charge in [-0.2, -0.15) is 22.0 Å². The molecule has 0 aromatic carbocycles. The SMILES string of the molecule is CCS(=O)(=O)c1c(-c2nc3cc(C(F)(F)C(F)(F)F)cnc3n2C)n[c-]n1C.[Cl][Zn+]. The van der Waals surface area contributed by atoms with Gasteiger partial charge in [0.1, 0.15) is 15.4 Å². The number of rotatable bonds is 4. The van der Waals surface area contributed by atoms with Crippen molar-refractivity contribution >= 4 is 30.7 Å². The first-order valence-electron chi connectivity index (χ1n) is 8.03. The van der Waals surface area contributed by atoms with Crippen LogP contribution < -0.4 is 0 Å². The average Bonchev–Trinajstić information content (AvgIpc) is 3.22. The van der Waals surface area contributed by atoms with Gasteiger partial charge in [0.05, 0.1) is 11.4 Å². The average molecular weight is 523 g/mol. The predicted molar refractivity (Wildman–Crippen MR) is 93.1 cm³/mol. The van der Waals surface area contributed by atoms with Crippen LogP contribution in [0.3, 0.4) is 0 Å². The summed E-state index contributed by atoms with van der Waals surface area (Å²) in [6.45, 7) is 1.42. The van der Waals surface area contributed by atoms with Crippen molar-refractivity contribution in [2.75, 3.05) is 5.75 Å². The normalized spacial score (nSPS) is 12.8. The van der Waals surface area contributed by atoms with E-state index in [4.69, 9.17) is 9.69 Å².